The molecule has 11 heteroatoms. The lowest BCUT2D eigenvalue weighted by molar-refractivity contribution is 0.101. The molecule has 2 N–H and O–H groups in total. The lowest BCUT2D eigenvalue weighted by Crippen LogP contribution is -2.29. The van der Waals surface area contributed by atoms with Crippen molar-refractivity contribution in [3.05, 3.63) is 106 Å². The van der Waals surface area contributed by atoms with Gasteiger partial charge in [0.2, 0.25) is 0 Å². The molecule has 2 saturated heterocycles. The highest BCUT2D eigenvalue weighted by atomic mass is 35.5. The van der Waals surface area contributed by atoms with Crippen molar-refractivity contribution in [3.63, 3.8) is 0 Å². The van der Waals surface area contributed by atoms with Gasteiger partial charge in [-0.3, -0.25) is 24.5 Å². The number of rotatable bonds is 9. The number of hydrogen-bond acceptors (Lipinski definition) is 6. The van der Waals surface area contributed by atoms with Crippen LogP contribution in [0.5, 0.6) is 0 Å². The maximum atomic E-state index is 13.1. The highest BCUT2D eigenvalue weighted by Gasteiger charge is 2.25. The Balaban J connectivity index is 1.12. The summed E-state index contributed by atoms with van der Waals surface area (Å²) >= 11 is 6.85. The normalized spacial score (nSPS) is 15.0. The summed E-state index contributed by atoms with van der Waals surface area (Å²) in [4.78, 5) is 52.9. The van der Waals surface area contributed by atoms with Crippen molar-refractivity contribution < 1.29 is 14.4 Å². The van der Waals surface area contributed by atoms with Crippen molar-refractivity contribution in [2.24, 2.45) is 0 Å². The van der Waals surface area contributed by atoms with Crippen molar-refractivity contribution >= 4 is 40.8 Å². The minimum atomic E-state index is -0.352. The fourth-order valence-electron chi connectivity index (χ4n) is 5.85. The van der Waals surface area contributed by atoms with E-state index in [0.29, 0.717) is 47.3 Å². The molecule has 0 atom stereocenters. The molecule has 0 aliphatic carbocycles. The number of carbonyl (C=O) groups excluding carboxylic acids is 3. The fraction of sp³-hybridized carbons (Fsp3) is 0.286. The molecular weight excluding hydrogens is 602 g/mol. The number of urea groups is 1. The quantitative estimate of drug-likeness (QED) is 0.230. The summed E-state index contributed by atoms with van der Waals surface area (Å²) in [6.45, 7) is 6.74. The molecule has 0 spiro atoms. The molecule has 0 saturated carbocycles. The number of nitrogens with zero attached hydrogens (tertiary/aromatic N) is 5. The first kappa shape index (κ1) is 31.2. The first-order valence-electron chi connectivity index (χ1n) is 15.4. The number of anilines is 2. The Hall–Kier alpha value is -4.80. The van der Waals surface area contributed by atoms with Crippen LogP contribution < -0.4 is 10.6 Å². The van der Waals surface area contributed by atoms with Crippen molar-refractivity contribution in [3.8, 4) is 11.1 Å². The molecule has 2 fully saturated rings. The van der Waals surface area contributed by atoms with Crippen molar-refractivity contribution in [1.82, 2.24) is 24.7 Å². The summed E-state index contributed by atoms with van der Waals surface area (Å²) < 4.78 is 0. The Labute approximate surface area is 273 Å². The van der Waals surface area contributed by atoms with Gasteiger partial charge in [-0.15, -0.1) is 0 Å². The molecule has 2 aromatic carbocycles. The zero-order valence-electron chi connectivity index (χ0n) is 25.9. The van der Waals surface area contributed by atoms with Gasteiger partial charge in [-0.1, -0.05) is 48.0 Å². The van der Waals surface area contributed by atoms with Gasteiger partial charge in [0.25, 0.3) is 11.8 Å². The third kappa shape index (κ3) is 6.88. The monoisotopic (exact) mass is 637 g/mol. The fourth-order valence-corrected chi connectivity index (χ4v) is 6.12. The second kappa shape index (κ2) is 13.7. The van der Waals surface area contributed by atoms with Crippen LogP contribution in [0.1, 0.15) is 50.5 Å². The number of hydrogen-bond donors (Lipinski definition) is 2. The molecule has 4 aromatic rings. The van der Waals surface area contributed by atoms with Gasteiger partial charge in [0.05, 0.1) is 10.7 Å². The first-order chi connectivity index (χ1) is 22.3. The van der Waals surface area contributed by atoms with Crippen molar-refractivity contribution in [2.75, 3.05) is 43.9 Å². The van der Waals surface area contributed by atoms with E-state index in [0.717, 1.165) is 41.9 Å². The maximum Gasteiger partial charge on any atom is 0.320 e. The van der Waals surface area contributed by atoms with Crippen LogP contribution in [0.15, 0.2) is 73.1 Å². The molecule has 10 nitrogen and oxygen atoms in total. The number of nitrogens with one attached hydrogen (secondary N) is 2. The standard InChI is InChI=1S/C35H36ClN7O3/c1-23-26(7-5-9-28(23)39-33(44)30-14-12-25(20-38-30)22-43-18-17-41(2)35(43)46)27-8-6-10-29(32(27)36)40-34(45)31-13-11-24(19-37-31)21-42-15-3-4-16-42/h5-14,19-20H,3-4,15-18,21-22H2,1-2H3,(H,39,44)(H,40,45). The minimum absolute atomic E-state index is 0.0138. The summed E-state index contributed by atoms with van der Waals surface area (Å²) in [5.74, 6) is -0.697. The van der Waals surface area contributed by atoms with E-state index in [2.05, 4.69) is 25.5 Å². The highest BCUT2D eigenvalue weighted by molar-refractivity contribution is 6.36. The number of pyridine rings is 2. The molecule has 0 radical (unpaired) electrons. The van der Waals surface area contributed by atoms with Gasteiger partial charge in [0.15, 0.2) is 0 Å². The SMILES string of the molecule is Cc1c(NC(=O)c2ccc(CN3CCN(C)C3=O)cn2)cccc1-c1cccc(NC(=O)c2ccc(CN3CCCC3)cn2)c1Cl. The second-order valence-electron chi connectivity index (χ2n) is 11.8. The van der Waals surface area contributed by atoms with E-state index < -0.39 is 0 Å². The van der Waals surface area contributed by atoms with Crippen LogP contribution >= 0.6 is 11.6 Å². The summed E-state index contributed by atoms with van der Waals surface area (Å²) in [5, 5.41) is 6.25. The smallest absolute Gasteiger partial charge is 0.320 e. The number of halogens is 1. The van der Waals surface area contributed by atoms with Gasteiger partial charge in [-0.05, 0) is 79.4 Å². The Morgan fingerprint density at radius 1 is 0.761 bits per heavy atom. The number of benzene rings is 2. The van der Waals surface area contributed by atoms with Gasteiger partial charge in [0, 0.05) is 56.9 Å². The van der Waals surface area contributed by atoms with Crippen LogP contribution in [-0.4, -0.2) is 75.7 Å². The van der Waals surface area contributed by atoms with Crippen LogP contribution in [0, 0.1) is 6.92 Å². The average Bonchev–Trinajstić information content (AvgIpc) is 3.69. The number of amides is 4. The summed E-state index contributed by atoms with van der Waals surface area (Å²) in [6.07, 6.45) is 5.83. The van der Waals surface area contributed by atoms with Gasteiger partial charge < -0.3 is 20.4 Å². The van der Waals surface area contributed by atoms with E-state index in [1.807, 2.05) is 49.4 Å². The molecule has 6 rings (SSSR count). The Kier molecular flexibility index (Phi) is 9.28. The number of likely N-dealkylation sites (tertiary alicyclic amines) is 1. The van der Waals surface area contributed by atoms with Gasteiger partial charge in [-0.25, -0.2) is 4.79 Å². The van der Waals surface area contributed by atoms with E-state index in [1.54, 1.807) is 47.4 Å². The summed E-state index contributed by atoms with van der Waals surface area (Å²) in [5.41, 5.74) is 5.92. The third-order valence-corrected chi connectivity index (χ3v) is 8.92. The molecular formula is C35H36ClN7O3. The van der Waals surface area contributed by atoms with E-state index in [-0.39, 0.29) is 23.5 Å². The Morgan fingerprint density at radius 3 is 1.93 bits per heavy atom. The van der Waals surface area contributed by atoms with E-state index in [9.17, 15) is 14.4 Å². The van der Waals surface area contributed by atoms with Gasteiger partial charge >= 0.3 is 6.03 Å². The highest BCUT2D eigenvalue weighted by Crippen LogP contribution is 2.37. The number of aromatic nitrogens is 2. The van der Waals surface area contributed by atoms with Crippen molar-refractivity contribution in [2.45, 2.75) is 32.9 Å². The largest absolute Gasteiger partial charge is 0.326 e. The van der Waals surface area contributed by atoms with Crippen LogP contribution in [0.25, 0.3) is 11.1 Å². The number of likely N-dealkylation sites (N-methyl/N-ethyl adjacent to an activating group) is 1. The maximum absolute atomic E-state index is 13.1. The molecule has 4 amide bonds. The predicted molar refractivity (Wildman–Crippen MR) is 179 cm³/mol. The molecule has 4 heterocycles. The van der Waals surface area contributed by atoms with E-state index in [4.69, 9.17) is 11.6 Å². The average molecular weight is 638 g/mol. The van der Waals surface area contributed by atoms with Gasteiger partial charge in [-0.2, -0.15) is 0 Å². The second-order valence-corrected chi connectivity index (χ2v) is 12.1. The lowest BCUT2D eigenvalue weighted by Gasteiger charge is -2.16. The third-order valence-electron chi connectivity index (χ3n) is 8.51. The predicted octanol–water partition coefficient (Wildman–Crippen LogP) is 6.07. The van der Waals surface area contributed by atoms with Crippen LogP contribution in [0.3, 0.4) is 0 Å². The van der Waals surface area contributed by atoms with E-state index >= 15 is 0 Å². The summed E-state index contributed by atoms with van der Waals surface area (Å²) in [7, 11) is 1.78. The molecule has 2 aliphatic rings. The number of carbonyl (C=O) groups is 3. The van der Waals surface area contributed by atoms with E-state index in [1.165, 1.54) is 12.8 Å². The van der Waals surface area contributed by atoms with Crippen LogP contribution in [0.2, 0.25) is 5.02 Å². The van der Waals surface area contributed by atoms with Crippen molar-refractivity contribution in [1.29, 1.82) is 0 Å². The Bertz CT molecular complexity index is 1760. The molecule has 2 aliphatic heterocycles. The summed E-state index contributed by atoms with van der Waals surface area (Å²) in [6, 6.07) is 18.2. The topological polar surface area (TPSA) is 111 Å². The molecule has 0 bridgehead atoms. The van der Waals surface area contributed by atoms with Gasteiger partial charge in [0.1, 0.15) is 11.4 Å². The minimum Gasteiger partial charge on any atom is -0.326 e. The molecule has 236 valence electrons. The zero-order chi connectivity index (χ0) is 32.2. The Morgan fingerprint density at radius 2 is 1.35 bits per heavy atom. The van der Waals surface area contributed by atoms with Crippen LogP contribution in [-0.2, 0) is 13.1 Å². The first-order valence-corrected chi connectivity index (χ1v) is 15.8. The van der Waals surface area contributed by atoms with Crippen LogP contribution in [0.4, 0.5) is 16.2 Å². The molecule has 2 aromatic heterocycles. The lowest BCUT2D eigenvalue weighted by atomic mass is 9.98. The zero-order valence-corrected chi connectivity index (χ0v) is 26.7. The molecule has 0 unspecified atom stereocenters. The molecule has 46 heavy (non-hydrogen) atoms.